The third-order valence-corrected chi connectivity index (χ3v) is 3.27. The average molecular weight is 276 g/mol. The first kappa shape index (κ1) is 14.4. The molecule has 2 rings (SSSR count). The third-order valence-electron chi connectivity index (χ3n) is 3.27. The van der Waals surface area contributed by atoms with Crippen LogP contribution in [0.4, 0.5) is 4.39 Å². The van der Waals surface area contributed by atoms with Gasteiger partial charge < -0.3 is 15.6 Å². The minimum atomic E-state index is -0.899. The lowest BCUT2D eigenvalue weighted by atomic mass is 9.90. The molecule has 0 saturated carbocycles. The maximum atomic E-state index is 13.7. The highest BCUT2D eigenvalue weighted by Gasteiger charge is 2.22. The fraction of sp³-hybridized carbons (Fsp3) is 0.267. The second-order valence-electron chi connectivity index (χ2n) is 4.47. The summed E-state index contributed by atoms with van der Waals surface area (Å²) in [6.07, 6.45) is 2.40. The van der Waals surface area contributed by atoms with E-state index in [9.17, 15) is 9.50 Å². The van der Waals surface area contributed by atoms with Crippen LogP contribution in [0.25, 0.3) is 0 Å². The minimum absolute atomic E-state index is 0.145. The van der Waals surface area contributed by atoms with Crippen molar-refractivity contribution in [2.75, 3.05) is 13.7 Å². The topological polar surface area (TPSA) is 68.4 Å². The number of nitrogens with zero attached hydrogens (tertiary/aromatic N) is 1. The number of nitrogens with two attached hydrogens (primary N) is 1. The van der Waals surface area contributed by atoms with Gasteiger partial charge in [0.1, 0.15) is 0 Å². The van der Waals surface area contributed by atoms with Crippen molar-refractivity contribution in [3.8, 4) is 5.75 Å². The lowest BCUT2D eigenvalue weighted by Crippen LogP contribution is -2.20. The van der Waals surface area contributed by atoms with E-state index in [1.165, 1.54) is 19.2 Å². The Bertz CT molecular complexity index is 563. The number of hydrogen-bond donors (Lipinski definition) is 2. The van der Waals surface area contributed by atoms with E-state index >= 15 is 0 Å². The molecule has 2 aromatic rings. The van der Waals surface area contributed by atoms with Crippen LogP contribution in [-0.4, -0.2) is 23.7 Å². The predicted molar refractivity (Wildman–Crippen MR) is 73.9 cm³/mol. The molecule has 3 N–H and O–H groups in total. The number of hydrogen-bond acceptors (Lipinski definition) is 4. The van der Waals surface area contributed by atoms with Crippen LogP contribution in [0.15, 0.2) is 42.7 Å². The molecule has 0 amide bonds. The number of aliphatic hydroxyl groups is 1. The van der Waals surface area contributed by atoms with Gasteiger partial charge in [-0.05, 0) is 29.3 Å². The second-order valence-corrected chi connectivity index (χ2v) is 4.47. The van der Waals surface area contributed by atoms with Crippen molar-refractivity contribution in [1.82, 2.24) is 4.98 Å². The number of aliphatic hydroxyl groups excluding tert-OH is 1. The number of aromatic nitrogens is 1. The van der Waals surface area contributed by atoms with Crippen LogP contribution in [0.5, 0.6) is 5.75 Å². The number of rotatable bonds is 5. The first-order valence-electron chi connectivity index (χ1n) is 6.29. The Morgan fingerprint density at radius 1 is 1.35 bits per heavy atom. The highest BCUT2D eigenvalue weighted by Crippen LogP contribution is 2.31. The van der Waals surface area contributed by atoms with Gasteiger partial charge in [-0.15, -0.1) is 0 Å². The molecule has 0 fully saturated rings. The Morgan fingerprint density at radius 3 is 2.70 bits per heavy atom. The molecule has 0 aliphatic rings. The Balaban J connectivity index is 2.29. The summed E-state index contributed by atoms with van der Waals surface area (Å²) in [6, 6.07) is 8.01. The Labute approximate surface area is 117 Å². The van der Waals surface area contributed by atoms with Crippen LogP contribution in [0, 0.1) is 5.82 Å². The quantitative estimate of drug-likeness (QED) is 0.876. The van der Waals surface area contributed by atoms with E-state index in [1.807, 2.05) is 6.07 Å². The fourth-order valence-electron chi connectivity index (χ4n) is 2.14. The molecule has 0 saturated heterocycles. The smallest absolute Gasteiger partial charge is 0.165 e. The van der Waals surface area contributed by atoms with Gasteiger partial charge in [0.15, 0.2) is 11.6 Å². The highest BCUT2D eigenvalue weighted by atomic mass is 19.1. The number of ether oxygens (including phenoxy) is 1. The standard InChI is InChI=1S/C15H17FN2O2/c1-20-14-5-4-10(7-13(14)16)15(19)12(8-17)11-3-2-6-18-9-11/h2-7,9,12,15,19H,8,17H2,1H3. The summed E-state index contributed by atoms with van der Waals surface area (Å²) in [5, 5.41) is 10.4. The van der Waals surface area contributed by atoms with Crippen molar-refractivity contribution in [2.45, 2.75) is 12.0 Å². The summed E-state index contributed by atoms with van der Waals surface area (Å²) in [4.78, 5) is 4.01. The van der Waals surface area contributed by atoms with Gasteiger partial charge in [0.25, 0.3) is 0 Å². The molecule has 106 valence electrons. The van der Waals surface area contributed by atoms with E-state index in [0.717, 1.165) is 5.56 Å². The number of methoxy groups -OCH3 is 1. The molecule has 0 bridgehead atoms. The molecule has 0 spiro atoms. The first-order valence-corrected chi connectivity index (χ1v) is 6.29. The van der Waals surface area contributed by atoms with Crippen molar-refractivity contribution in [1.29, 1.82) is 0 Å². The molecule has 1 aromatic heterocycles. The molecule has 4 nitrogen and oxygen atoms in total. The normalized spacial score (nSPS) is 13.8. The largest absolute Gasteiger partial charge is 0.494 e. The summed E-state index contributed by atoms with van der Waals surface area (Å²) < 4.78 is 18.6. The van der Waals surface area contributed by atoms with Crippen molar-refractivity contribution in [2.24, 2.45) is 5.73 Å². The molecule has 2 unspecified atom stereocenters. The summed E-state index contributed by atoms with van der Waals surface area (Å²) in [5.41, 5.74) is 7.01. The van der Waals surface area contributed by atoms with E-state index in [4.69, 9.17) is 10.5 Å². The van der Waals surface area contributed by atoms with E-state index in [1.54, 1.807) is 24.5 Å². The Hall–Kier alpha value is -1.98. The van der Waals surface area contributed by atoms with Crippen molar-refractivity contribution in [3.63, 3.8) is 0 Å². The second kappa shape index (κ2) is 6.45. The van der Waals surface area contributed by atoms with Gasteiger partial charge in [0.2, 0.25) is 0 Å². The number of halogens is 1. The SMILES string of the molecule is COc1ccc(C(O)C(CN)c2cccnc2)cc1F. The fourth-order valence-corrected chi connectivity index (χ4v) is 2.14. The van der Waals surface area contributed by atoms with Gasteiger partial charge in [-0.1, -0.05) is 12.1 Å². The average Bonchev–Trinajstić information content (AvgIpc) is 2.49. The van der Waals surface area contributed by atoms with E-state index in [2.05, 4.69) is 4.98 Å². The van der Waals surface area contributed by atoms with Crippen molar-refractivity contribution >= 4 is 0 Å². The molecular formula is C15H17FN2O2. The van der Waals surface area contributed by atoms with E-state index in [0.29, 0.717) is 5.56 Å². The third kappa shape index (κ3) is 2.95. The molecule has 0 aliphatic heterocycles. The summed E-state index contributed by atoms with van der Waals surface area (Å²) in [5.74, 6) is -0.700. The van der Waals surface area contributed by atoms with Crippen molar-refractivity contribution in [3.05, 3.63) is 59.7 Å². The lowest BCUT2D eigenvalue weighted by Gasteiger charge is -2.22. The zero-order valence-electron chi connectivity index (χ0n) is 11.2. The van der Waals surface area contributed by atoms with Gasteiger partial charge in [0.05, 0.1) is 13.2 Å². The minimum Gasteiger partial charge on any atom is -0.494 e. The highest BCUT2D eigenvalue weighted by molar-refractivity contribution is 5.32. The van der Waals surface area contributed by atoms with Gasteiger partial charge in [-0.3, -0.25) is 4.98 Å². The zero-order chi connectivity index (χ0) is 14.5. The predicted octanol–water partition coefficient (Wildman–Crippen LogP) is 2.01. The van der Waals surface area contributed by atoms with Crippen LogP contribution in [0.3, 0.4) is 0 Å². The molecule has 0 aliphatic carbocycles. The summed E-state index contributed by atoms with van der Waals surface area (Å²) in [6.45, 7) is 0.237. The molecular weight excluding hydrogens is 259 g/mol. The van der Waals surface area contributed by atoms with Crippen LogP contribution in [-0.2, 0) is 0 Å². The Morgan fingerprint density at radius 2 is 2.15 bits per heavy atom. The number of benzene rings is 1. The molecule has 20 heavy (non-hydrogen) atoms. The molecule has 5 heteroatoms. The van der Waals surface area contributed by atoms with Gasteiger partial charge >= 0.3 is 0 Å². The van der Waals surface area contributed by atoms with Crippen LogP contribution in [0.1, 0.15) is 23.1 Å². The van der Waals surface area contributed by atoms with Crippen LogP contribution < -0.4 is 10.5 Å². The van der Waals surface area contributed by atoms with Crippen molar-refractivity contribution < 1.29 is 14.2 Å². The monoisotopic (exact) mass is 276 g/mol. The van der Waals surface area contributed by atoms with E-state index < -0.39 is 11.9 Å². The zero-order valence-corrected chi connectivity index (χ0v) is 11.2. The summed E-state index contributed by atoms with van der Waals surface area (Å²) >= 11 is 0. The van der Waals surface area contributed by atoms with Gasteiger partial charge in [0, 0.05) is 24.9 Å². The number of pyridine rings is 1. The maximum absolute atomic E-state index is 13.7. The Kier molecular flexibility index (Phi) is 4.65. The summed E-state index contributed by atoms with van der Waals surface area (Å²) in [7, 11) is 1.40. The lowest BCUT2D eigenvalue weighted by molar-refractivity contribution is 0.146. The van der Waals surface area contributed by atoms with Gasteiger partial charge in [-0.2, -0.15) is 0 Å². The maximum Gasteiger partial charge on any atom is 0.165 e. The van der Waals surface area contributed by atoms with E-state index in [-0.39, 0.29) is 18.2 Å². The first-order chi connectivity index (χ1) is 9.67. The van der Waals surface area contributed by atoms with Gasteiger partial charge in [-0.25, -0.2) is 4.39 Å². The van der Waals surface area contributed by atoms with Crippen LogP contribution >= 0.6 is 0 Å². The van der Waals surface area contributed by atoms with Crippen LogP contribution in [0.2, 0.25) is 0 Å². The molecule has 1 aromatic carbocycles. The molecule has 2 atom stereocenters. The molecule has 0 radical (unpaired) electrons. The molecule has 1 heterocycles.